The minimum absolute atomic E-state index is 0.414. The second-order valence-electron chi connectivity index (χ2n) is 6.47. The van der Waals surface area contributed by atoms with Crippen molar-refractivity contribution in [2.75, 3.05) is 25.2 Å². The summed E-state index contributed by atoms with van der Waals surface area (Å²) in [6.45, 7) is 3.65. The Labute approximate surface area is 146 Å². The molecule has 0 bridgehead atoms. The third-order valence-electron chi connectivity index (χ3n) is 5.00. The second-order valence-corrected chi connectivity index (χ2v) is 6.47. The van der Waals surface area contributed by atoms with Crippen LogP contribution in [0.2, 0.25) is 0 Å². The van der Waals surface area contributed by atoms with Crippen molar-refractivity contribution >= 4 is 16.6 Å². The summed E-state index contributed by atoms with van der Waals surface area (Å²) in [6.07, 6.45) is 2.98. The number of aryl methyl sites for hydroxylation is 1. The van der Waals surface area contributed by atoms with Crippen molar-refractivity contribution in [3.8, 4) is 17.3 Å². The van der Waals surface area contributed by atoms with Gasteiger partial charge in [0.1, 0.15) is 6.07 Å². The number of benzene rings is 1. The lowest BCUT2D eigenvalue weighted by molar-refractivity contribution is 0.193. The molecule has 5 heteroatoms. The molecule has 5 nitrogen and oxygen atoms in total. The predicted molar refractivity (Wildman–Crippen MR) is 98.6 cm³/mol. The molecule has 1 unspecified atom stereocenters. The summed E-state index contributed by atoms with van der Waals surface area (Å²) in [6, 6.07) is 12.6. The molecule has 0 spiro atoms. The highest BCUT2D eigenvalue weighted by Crippen LogP contribution is 2.31. The molecule has 0 saturated carbocycles. The van der Waals surface area contributed by atoms with Crippen LogP contribution in [0.15, 0.2) is 36.5 Å². The van der Waals surface area contributed by atoms with Crippen LogP contribution < -0.4 is 4.90 Å². The number of aromatic nitrogens is 2. The molecule has 0 radical (unpaired) electrons. The van der Waals surface area contributed by atoms with Crippen molar-refractivity contribution in [3.05, 3.63) is 47.8 Å². The fraction of sp³-hybridized carbons (Fsp3) is 0.300. The highest BCUT2D eigenvalue weighted by atomic mass is 16.5. The summed E-state index contributed by atoms with van der Waals surface area (Å²) in [5.41, 5.74) is 5.59. The number of likely N-dealkylation sites (N-methyl/N-ethyl adjacent to an activating group) is 1. The zero-order chi connectivity index (χ0) is 17.4. The monoisotopic (exact) mass is 332 g/mol. The topological polar surface area (TPSA) is 64.9 Å². The summed E-state index contributed by atoms with van der Waals surface area (Å²) in [5.74, 6) is 0. The molecule has 2 aromatic heterocycles. The van der Waals surface area contributed by atoms with Crippen LogP contribution in [0.1, 0.15) is 17.7 Å². The number of fused-ring (bicyclic) bond motifs is 1. The molecule has 1 aliphatic rings. The van der Waals surface area contributed by atoms with Gasteiger partial charge < -0.3 is 14.6 Å². The first-order valence-electron chi connectivity index (χ1n) is 8.48. The number of hydrogen-bond acceptors (Lipinski definition) is 4. The zero-order valence-electron chi connectivity index (χ0n) is 14.4. The van der Waals surface area contributed by atoms with E-state index in [2.05, 4.69) is 35.1 Å². The summed E-state index contributed by atoms with van der Waals surface area (Å²) in [5, 5.41) is 10.3. The molecular formula is C20H20N4O. The van der Waals surface area contributed by atoms with Gasteiger partial charge in [-0.25, -0.2) is 0 Å². The maximum Gasteiger partial charge on any atom is 0.101 e. The number of nitrogens with one attached hydrogen (secondary N) is 1. The van der Waals surface area contributed by atoms with Crippen LogP contribution >= 0.6 is 0 Å². The van der Waals surface area contributed by atoms with E-state index in [0.29, 0.717) is 11.6 Å². The maximum absolute atomic E-state index is 9.26. The first-order valence-corrected chi connectivity index (χ1v) is 8.48. The number of nitrogens with zero attached hydrogens (tertiary/aromatic N) is 3. The number of H-pyrrole nitrogens is 1. The van der Waals surface area contributed by atoms with E-state index in [-0.39, 0.29) is 0 Å². The molecule has 0 amide bonds. The van der Waals surface area contributed by atoms with E-state index in [1.165, 1.54) is 0 Å². The quantitative estimate of drug-likeness (QED) is 0.795. The van der Waals surface area contributed by atoms with E-state index in [1.54, 1.807) is 0 Å². The number of pyridine rings is 1. The molecule has 1 fully saturated rings. The van der Waals surface area contributed by atoms with Crippen molar-refractivity contribution in [2.45, 2.75) is 19.4 Å². The number of anilines is 1. The van der Waals surface area contributed by atoms with E-state index in [4.69, 9.17) is 9.72 Å². The lowest BCUT2D eigenvalue weighted by Crippen LogP contribution is -2.32. The number of hydrogen-bond donors (Lipinski definition) is 1. The highest BCUT2D eigenvalue weighted by Gasteiger charge is 2.22. The molecule has 4 rings (SSSR count). The molecule has 1 aromatic carbocycles. The van der Waals surface area contributed by atoms with Crippen molar-refractivity contribution in [3.63, 3.8) is 0 Å². The summed E-state index contributed by atoms with van der Waals surface area (Å²) in [7, 11) is 2.11. The fourth-order valence-corrected chi connectivity index (χ4v) is 3.56. The minimum atomic E-state index is 0.414. The van der Waals surface area contributed by atoms with Gasteiger partial charge in [0.05, 0.1) is 40.8 Å². The van der Waals surface area contributed by atoms with Gasteiger partial charge in [0.2, 0.25) is 0 Å². The van der Waals surface area contributed by atoms with Crippen LogP contribution in [-0.2, 0) is 4.74 Å². The van der Waals surface area contributed by atoms with E-state index in [9.17, 15) is 5.26 Å². The van der Waals surface area contributed by atoms with Crippen LogP contribution in [0.5, 0.6) is 0 Å². The van der Waals surface area contributed by atoms with Gasteiger partial charge in [-0.3, -0.25) is 4.98 Å². The first kappa shape index (κ1) is 15.7. The molecule has 1 atom stereocenters. The Hall–Kier alpha value is -2.84. The lowest BCUT2D eigenvalue weighted by Gasteiger charge is -2.26. The van der Waals surface area contributed by atoms with Crippen LogP contribution in [0.4, 0.5) is 5.69 Å². The van der Waals surface area contributed by atoms with Gasteiger partial charge >= 0.3 is 0 Å². The zero-order valence-corrected chi connectivity index (χ0v) is 14.4. The molecule has 25 heavy (non-hydrogen) atoms. The smallest absolute Gasteiger partial charge is 0.101 e. The first-order chi connectivity index (χ1) is 12.2. The SMILES string of the molecule is Cc1nc(-c2c[nH]c3c(C#N)cccc23)ccc1N(C)C1CCOC1. The average Bonchev–Trinajstić information content (AvgIpc) is 3.30. The van der Waals surface area contributed by atoms with Gasteiger partial charge in [0, 0.05) is 30.8 Å². The largest absolute Gasteiger partial charge is 0.379 e. The Morgan fingerprint density at radius 1 is 1.32 bits per heavy atom. The molecule has 126 valence electrons. The molecular weight excluding hydrogens is 312 g/mol. The Balaban J connectivity index is 1.73. The standard InChI is InChI=1S/C20H20N4O/c1-13-19(24(2)15-8-9-25-12-15)7-6-18(23-13)17-11-22-20-14(10-21)4-3-5-16(17)20/h3-7,11,15,22H,8-9,12H2,1-2H3. The molecule has 1 aliphatic heterocycles. The average molecular weight is 332 g/mol. The van der Waals surface area contributed by atoms with Gasteiger partial charge in [0.15, 0.2) is 0 Å². The molecule has 1 saturated heterocycles. The normalized spacial score (nSPS) is 16.9. The van der Waals surface area contributed by atoms with E-state index >= 15 is 0 Å². The second kappa shape index (κ2) is 6.23. The Morgan fingerprint density at radius 2 is 2.20 bits per heavy atom. The van der Waals surface area contributed by atoms with Crippen molar-refractivity contribution in [2.24, 2.45) is 0 Å². The van der Waals surface area contributed by atoms with Crippen LogP contribution in [0.3, 0.4) is 0 Å². The van der Waals surface area contributed by atoms with E-state index < -0.39 is 0 Å². The molecule has 3 heterocycles. The number of ether oxygens (including phenoxy) is 1. The third-order valence-corrected chi connectivity index (χ3v) is 5.00. The van der Waals surface area contributed by atoms with Gasteiger partial charge in [-0.2, -0.15) is 5.26 Å². The van der Waals surface area contributed by atoms with Crippen LogP contribution in [0, 0.1) is 18.3 Å². The van der Waals surface area contributed by atoms with Crippen LogP contribution in [0.25, 0.3) is 22.2 Å². The highest BCUT2D eigenvalue weighted by molar-refractivity contribution is 5.97. The summed E-state index contributed by atoms with van der Waals surface area (Å²) in [4.78, 5) is 10.3. The summed E-state index contributed by atoms with van der Waals surface area (Å²) >= 11 is 0. The molecule has 3 aromatic rings. The predicted octanol–water partition coefficient (Wildman–Crippen LogP) is 3.64. The molecule has 1 N–H and O–H groups in total. The van der Waals surface area contributed by atoms with Crippen LogP contribution in [-0.4, -0.2) is 36.3 Å². The number of para-hydroxylation sites is 1. The van der Waals surface area contributed by atoms with Gasteiger partial charge in [-0.05, 0) is 31.5 Å². The summed E-state index contributed by atoms with van der Waals surface area (Å²) < 4.78 is 5.50. The van der Waals surface area contributed by atoms with Gasteiger partial charge in [-0.15, -0.1) is 0 Å². The Morgan fingerprint density at radius 3 is 2.92 bits per heavy atom. The van der Waals surface area contributed by atoms with Gasteiger partial charge in [0.25, 0.3) is 0 Å². The Kier molecular flexibility index (Phi) is 3.90. The maximum atomic E-state index is 9.26. The minimum Gasteiger partial charge on any atom is -0.379 e. The lowest BCUT2D eigenvalue weighted by atomic mass is 10.1. The number of aromatic amines is 1. The van der Waals surface area contributed by atoms with Crippen molar-refractivity contribution < 1.29 is 4.74 Å². The fourth-order valence-electron chi connectivity index (χ4n) is 3.56. The van der Waals surface area contributed by atoms with Crippen molar-refractivity contribution in [1.82, 2.24) is 9.97 Å². The third kappa shape index (κ3) is 2.65. The number of nitriles is 1. The number of rotatable bonds is 3. The Bertz CT molecular complexity index is 963. The van der Waals surface area contributed by atoms with Crippen molar-refractivity contribution in [1.29, 1.82) is 5.26 Å². The molecule has 0 aliphatic carbocycles. The van der Waals surface area contributed by atoms with E-state index in [1.807, 2.05) is 31.3 Å². The van der Waals surface area contributed by atoms with E-state index in [0.717, 1.165) is 53.2 Å². The van der Waals surface area contributed by atoms with Gasteiger partial charge in [-0.1, -0.05) is 12.1 Å².